The van der Waals surface area contributed by atoms with Gasteiger partial charge in [-0.15, -0.1) is 0 Å². The van der Waals surface area contributed by atoms with E-state index in [2.05, 4.69) is 5.32 Å². The van der Waals surface area contributed by atoms with Crippen LogP contribution in [0.5, 0.6) is 0 Å². The molecule has 7 heteroatoms. The average Bonchev–Trinajstić information content (AvgIpc) is 2.37. The number of hydrogen-bond acceptors (Lipinski definition) is 5. The summed E-state index contributed by atoms with van der Waals surface area (Å²) < 4.78 is 0. The number of amides is 1. The number of carbonyl (C=O) groups is 1. The molecule has 0 heterocycles. The highest BCUT2D eigenvalue weighted by atomic mass is 16.6. The zero-order chi connectivity index (χ0) is 15.3. The van der Waals surface area contributed by atoms with E-state index in [4.69, 9.17) is 0 Å². The van der Waals surface area contributed by atoms with Crippen molar-refractivity contribution in [3.63, 3.8) is 0 Å². The number of likely N-dealkylation sites (N-methyl/N-ethyl adjacent to an activating group) is 2. The maximum Gasteiger partial charge on any atom is 0.292 e. The molecule has 0 bridgehead atoms. The van der Waals surface area contributed by atoms with E-state index < -0.39 is 11.0 Å². The van der Waals surface area contributed by atoms with Gasteiger partial charge in [0.15, 0.2) is 0 Å². The van der Waals surface area contributed by atoms with Crippen molar-refractivity contribution in [2.24, 2.45) is 0 Å². The van der Waals surface area contributed by atoms with Crippen LogP contribution in [0.1, 0.15) is 25.5 Å². The Morgan fingerprint density at radius 1 is 1.55 bits per heavy atom. The number of aliphatic hydroxyl groups is 1. The second-order valence-electron chi connectivity index (χ2n) is 4.49. The van der Waals surface area contributed by atoms with Crippen molar-refractivity contribution in [1.29, 1.82) is 0 Å². The second kappa shape index (κ2) is 6.85. The summed E-state index contributed by atoms with van der Waals surface area (Å²) in [5, 5.41) is 23.2. The molecule has 0 saturated heterocycles. The Bertz CT molecular complexity index is 502. The number of anilines is 1. The zero-order valence-electron chi connectivity index (χ0n) is 11.8. The van der Waals surface area contributed by atoms with Crippen LogP contribution in [0.15, 0.2) is 18.2 Å². The number of carbonyl (C=O) groups excluding carboxylic acids is 1. The van der Waals surface area contributed by atoms with Gasteiger partial charge in [0.2, 0.25) is 5.91 Å². The lowest BCUT2D eigenvalue weighted by atomic mass is 10.1. The molecule has 1 aromatic rings. The molecule has 1 amide bonds. The van der Waals surface area contributed by atoms with Crippen molar-refractivity contribution < 1.29 is 14.8 Å². The molecule has 0 aliphatic heterocycles. The van der Waals surface area contributed by atoms with Gasteiger partial charge >= 0.3 is 0 Å². The summed E-state index contributed by atoms with van der Waals surface area (Å²) in [6.07, 6.45) is -0.781. The number of benzene rings is 1. The Kier molecular flexibility index (Phi) is 5.45. The molecule has 20 heavy (non-hydrogen) atoms. The number of nitrogens with one attached hydrogen (secondary N) is 1. The van der Waals surface area contributed by atoms with E-state index in [9.17, 15) is 20.0 Å². The number of nitrogens with zero attached hydrogens (tertiary/aromatic N) is 2. The number of aliphatic hydroxyl groups excluding tert-OH is 1. The van der Waals surface area contributed by atoms with Gasteiger partial charge in [-0.25, -0.2) is 0 Å². The van der Waals surface area contributed by atoms with Gasteiger partial charge in [0.25, 0.3) is 5.69 Å². The van der Waals surface area contributed by atoms with Crippen molar-refractivity contribution >= 4 is 17.3 Å². The summed E-state index contributed by atoms with van der Waals surface area (Å²) in [7, 11) is 1.61. The molecule has 0 aliphatic carbocycles. The molecule has 0 fully saturated rings. The van der Waals surface area contributed by atoms with Gasteiger partial charge in [0, 0.05) is 19.7 Å². The monoisotopic (exact) mass is 281 g/mol. The van der Waals surface area contributed by atoms with Gasteiger partial charge in [-0.05, 0) is 25.5 Å². The topological polar surface area (TPSA) is 95.7 Å². The third kappa shape index (κ3) is 3.92. The summed E-state index contributed by atoms with van der Waals surface area (Å²) >= 11 is 0. The Hall–Kier alpha value is -2.15. The molecule has 0 spiro atoms. The normalized spacial score (nSPS) is 11.8. The highest BCUT2D eigenvalue weighted by Crippen LogP contribution is 2.30. The van der Waals surface area contributed by atoms with Crippen LogP contribution in [-0.2, 0) is 4.79 Å². The molecule has 0 unspecified atom stereocenters. The fraction of sp³-hybridized carbons (Fsp3) is 0.462. The van der Waals surface area contributed by atoms with Gasteiger partial charge < -0.3 is 15.3 Å². The van der Waals surface area contributed by atoms with Crippen LogP contribution < -0.4 is 10.2 Å². The van der Waals surface area contributed by atoms with Crippen LogP contribution in [-0.4, -0.2) is 36.1 Å². The number of nitro benzene ring substituents is 1. The first-order valence-electron chi connectivity index (χ1n) is 6.31. The number of hydrogen-bond donors (Lipinski definition) is 2. The molecule has 2 N–H and O–H groups in total. The Labute approximate surface area is 117 Å². The molecular formula is C13H19N3O4. The van der Waals surface area contributed by atoms with Crippen molar-refractivity contribution in [2.45, 2.75) is 20.0 Å². The minimum absolute atomic E-state index is 0.0305. The average molecular weight is 281 g/mol. The van der Waals surface area contributed by atoms with Gasteiger partial charge in [-0.1, -0.05) is 6.07 Å². The van der Waals surface area contributed by atoms with Gasteiger partial charge in [-0.3, -0.25) is 14.9 Å². The summed E-state index contributed by atoms with van der Waals surface area (Å²) in [6, 6.07) is 4.48. The molecule has 0 radical (unpaired) electrons. The summed E-state index contributed by atoms with van der Waals surface area (Å²) in [5.41, 5.74) is 0.674. The SMILES string of the molecule is CCNC(=O)CN(C)c1ccc([C@@H](C)O)cc1[N+](=O)[O-]. The van der Waals surface area contributed by atoms with Crippen LogP contribution in [0.2, 0.25) is 0 Å². The fourth-order valence-electron chi connectivity index (χ4n) is 1.82. The van der Waals surface area contributed by atoms with Crippen molar-refractivity contribution in [1.82, 2.24) is 5.32 Å². The van der Waals surface area contributed by atoms with E-state index in [-0.39, 0.29) is 18.1 Å². The van der Waals surface area contributed by atoms with Crippen LogP contribution in [0.3, 0.4) is 0 Å². The lowest BCUT2D eigenvalue weighted by Crippen LogP contribution is -2.35. The van der Waals surface area contributed by atoms with E-state index in [1.54, 1.807) is 26.1 Å². The van der Waals surface area contributed by atoms with Gasteiger partial charge in [0.05, 0.1) is 17.6 Å². The van der Waals surface area contributed by atoms with Crippen molar-refractivity contribution in [3.05, 3.63) is 33.9 Å². The Morgan fingerprint density at radius 2 is 2.20 bits per heavy atom. The summed E-state index contributed by atoms with van der Waals surface area (Å²) in [4.78, 5) is 23.6. The largest absolute Gasteiger partial charge is 0.389 e. The Morgan fingerprint density at radius 3 is 2.70 bits per heavy atom. The van der Waals surface area contributed by atoms with Crippen LogP contribution in [0, 0.1) is 10.1 Å². The molecule has 1 rings (SSSR count). The molecular weight excluding hydrogens is 262 g/mol. The molecule has 1 atom stereocenters. The van der Waals surface area contributed by atoms with Crippen LogP contribution in [0.4, 0.5) is 11.4 Å². The van der Waals surface area contributed by atoms with Gasteiger partial charge in [0.1, 0.15) is 5.69 Å². The standard InChI is InChI=1S/C13H19N3O4/c1-4-14-13(18)8-15(3)11-6-5-10(9(2)17)7-12(11)16(19)20/h5-7,9,17H,4,8H2,1-3H3,(H,14,18)/t9-/m1/s1. The molecule has 1 aromatic carbocycles. The lowest BCUT2D eigenvalue weighted by Gasteiger charge is -2.19. The van der Waals surface area contributed by atoms with Crippen molar-refractivity contribution in [3.8, 4) is 0 Å². The fourth-order valence-corrected chi connectivity index (χ4v) is 1.82. The van der Waals surface area contributed by atoms with Gasteiger partial charge in [-0.2, -0.15) is 0 Å². The third-order valence-electron chi connectivity index (χ3n) is 2.84. The van der Waals surface area contributed by atoms with E-state index in [1.165, 1.54) is 17.9 Å². The summed E-state index contributed by atoms with van der Waals surface area (Å²) in [5.74, 6) is -0.205. The molecule has 7 nitrogen and oxygen atoms in total. The number of rotatable bonds is 6. The molecule has 110 valence electrons. The first-order chi connectivity index (χ1) is 9.36. The predicted octanol–water partition coefficient (Wildman–Crippen LogP) is 1.22. The molecule has 0 aliphatic rings. The summed E-state index contributed by atoms with van der Waals surface area (Å²) in [6.45, 7) is 3.88. The van der Waals surface area contributed by atoms with Crippen LogP contribution in [0.25, 0.3) is 0 Å². The van der Waals surface area contributed by atoms with Crippen molar-refractivity contribution in [2.75, 3.05) is 25.0 Å². The lowest BCUT2D eigenvalue weighted by molar-refractivity contribution is -0.384. The maximum absolute atomic E-state index is 11.5. The quantitative estimate of drug-likeness (QED) is 0.603. The first kappa shape index (κ1) is 15.9. The van der Waals surface area contributed by atoms with E-state index in [0.717, 1.165) is 0 Å². The highest BCUT2D eigenvalue weighted by Gasteiger charge is 2.20. The minimum Gasteiger partial charge on any atom is -0.389 e. The van der Waals surface area contributed by atoms with E-state index in [1.807, 2.05) is 0 Å². The molecule has 0 saturated carbocycles. The van der Waals surface area contributed by atoms with E-state index in [0.29, 0.717) is 17.8 Å². The second-order valence-corrected chi connectivity index (χ2v) is 4.49. The third-order valence-corrected chi connectivity index (χ3v) is 2.84. The van der Waals surface area contributed by atoms with Crippen LogP contribution >= 0.6 is 0 Å². The predicted molar refractivity (Wildman–Crippen MR) is 75.7 cm³/mol. The number of nitro groups is 1. The maximum atomic E-state index is 11.5. The molecule has 0 aromatic heterocycles. The minimum atomic E-state index is -0.781. The highest BCUT2D eigenvalue weighted by molar-refractivity contribution is 5.82. The van der Waals surface area contributed by atoms with E-state index >= 15 is 0 Å². The zero-order valence-corrected chi connectivity index (χ0v) is 11.8. The Balaban J connectivity index is 3.04. The smallest absolute Gasteiger partial charge is 0.292 e. The first-order valence-corrected chi connectivity index (χ1v) is 6.31.